The Morgan fingerprint density at radius 1 is 1.19 bits per heavy atom. The molecule has 0 heterocycles. The second kappa shape index (κ2) is 8.67. The van der Waals surface area contributed by atoms with E-state index in [0.29, 0.717) is 31.0 Å². The molecule has 3 N–H and O–H groups in total. The second-order valence-electron chi connectivity index (χ2n) is 5.06. The van der Waals surface area contributed by atoms with Crippen LogP contribution in [-0.2, 0) is 4.79 Å². The second-order valence-corrected chi connectivity index (χ2v) is 5.06. The molecule has 0 bridgehead atoms. The van der Waals surface area contributed by atoms with Crippen LogP contribution >= 0.6 is 0 Å². The van der Waals surface area contributed by atoms with E-state index in [-0.39, 0.29) is 6.42 Å². The zero-order chi connectivity index (χ0) is 15.8. The number of halogens is 3. The summed E-state index contributed by atoms with van der Waals surface area (Å²) >= 11 is 0. The number of nitrogens with one attached hydrogen (secondary N) is 1. The van der Waals surface area contributed by atoms with Gasteiger partial charge in [0.1, 0.15) is 11.5 Å². The van der Waals surface area contributed by atoms with Gasteiger partial charge in [0.2, 0.25) is 5.91 Å². The summed E-state index contributed by atoms with van der Waals surface area (Å²) in [6, 6.07) is 1.07. The molecule has 1 unspecified atom stereocenters. The molecule has 0 saturated carbocycles. The van der Waals surface area contributed by atoms with E-state index in [1.165, 1.54) is 0 Å². The molecule has 1 aromatic rings. The van der Waals surface area contributed by atoms with E-state index < -0.39 is 29.0 Å². The molecule has 0 aliphatic rings. The maximum atomic E-state index is 13.4. The Morgan fingerprint density at radius 2 is 1.81 bits per heavy atom. The topological polar surface area (TPSA) is 55.1 Å². The summed E-state index contributed by atoms with van der Waals surface area (Å²) in [5.74, 6) is -3.42. The zero-order valence-corrected chi connectivity index (χ0v) is 12.1. The highest BCUT2D eigenvalue weighted by Gasteiger charge is 2.15. The van der Waals surface area contributed by atoms with E-state index in [1.54, 1.807) is 0 Å². The Labute approximate surface area is 122 Å². The van der Waals surface area contributed by atoms with Crippen LogP contribution in [0.3, 0.4) is 0 Å². The molecule has 118 valence electrons. The van der Waals surface area contributed by atoms with Crippen LogP contribution in [0.1, 0.15) is 39.0 Å². The van der Waals surface area contributed by atoms with Crippen LogP contribution in [0.5, 0.6) is 0 Å². The van der Waals surface area contributed by atoms with Crippen LogP contribution in [0.25, 0.3) is 0 Å². The number of carbonyl (C=O) groups is 1. The predicted molar refractivity (Wildman–Crippen MR) is 76.2 cm³/mol. The molecule has 1 rings (SSSR count). The minimum Gasteiger partial charge on any atom is -0.330 e. The fraction of sp³-hybridized carbons (Fsp3) is 0.533. The van der Waals surface area contributed by atoms with Crippen molar-refractivity contribution in [3.8, 4) is 0 Å². The van der Waals surface area contributed by atoms with Gasteiger partial charge in [-0.05, 0) is 25.3 Å². The standard InChI is InChI=1S/C15H21F3N2O/c1-2-3-10(6-7-19)4-5-14(21)20-15-12(17)8-11(16)9-13(15)18/h8-10H,2-7,19H2,1H3,(H,20,21). The number of carbonyl (C=O) groups excluding carboxylic acids is 1. The average molecular weight is 302 g/mol. The molecule has 0 saturated heterocycles. The Bertz CT molecular complexity index is 451. The molecule has 6 heteroatoms. The van der Waals surface area contributed by atoms with Crippen LogP contribution in [0.4, 0.5) is 18.9 Å². The Hall–Kier alpha value is -1.56. The smallest absolute Gasteiger partial charge is 0.224 e. The van der Waals surface area contributed by atoms with Gasteiger partial charge in [0, 0.05) is 18.6 Å². The molecule has 1 aromatic carbocycles. The van der Waals surface area contributed by atoms with Gasteiger partial charge in [-0.2, -0.15) is 0 Å². The molecule has 0 fully saturated rings. The van der Waals surface area contributed by atoms with Crippen molar-refractivity contribution < 1.29 is 18.0 Å². The van der Waals surface area contributed by atoms with E-state index in [9.17, 15) is 18.0 Å². The lowest BCUT2D eigenvalue weighted by Gasteiger charge is -2.15. The van der Waals surface area contributed by atoms with Crippen LogP contribution in [0.2, 0.25) is 0 Å². The lowest BCUT2D eigenvalue weighted by atomic mass is 9.94. The van der Waals surface area contributed by atoms with Gasteiger partial charge in [-0.1, -0.05) is 19.8 Å². The van der Waals surface area contributed by atoms with Crippen molar-refractivity contribution >= 4 is 11.6 Å². The predicted octanol–water partition coefficient (Wildman–Crippen LogP) is 3.59. The van der Waals surface area contributed by atoms with Crippen LogP contribution in [0, 0.1) is 23.4 Å². The number of anilines is 1. The van der Waals surface area contributed by atoms with Crippen LogP contribution in [0.15, 0.2) is 12.1 Å². The molecule has 0 aromatic heterocycles. The van der Waals surface area contributed by atoms with Gasteiger partial charge in [0.25, 0.3) is 0 Å². The maximum absolute atomic E-state index is 13.4. The Morgan fingerprint density at radius 3 is 2.33 bits per heavy atom. The van der Waals surface area contributed by atoms with Crippen molar-refractivity contribution in [2.24, 2.45) is 11.7 Å². The van der Waals surface area contributed by atoms with Crippen LogP contribution in [-0.4, -0.2) is 12.5 Å². The van der Waals surface area contributed by atoms with Gasteiger partial charge in [0.15, 0.2) is 11.6 Å². The molecule has 1 amide bonds. The van der Waals surface area contributed by atoms with Gasteiger partial charge < -0.3 is 11.1 Å². The fourth-order valence-electron chi connectivity index (χ4n) is 2.28. The third kappa shape index (κ3) is 5.75. The third-order valence-corrected chi connectivity index (χ3v) is 3.32. The van der Waals surface area contributed by atoms with Crippen molar-refractivity contribution in [3.63, 3.8) is 0 Å². The largest absolute Gasteiger partial charge is 0.330 e. The summed E-state index contributed by atoms with van der Waals surface area (Å²) in [5.41, 5.74) is 4.90. The van der Waals surface area contributed by atoms with Crippen molar-refractivity contribution in [2.45, 2.75) is 39.0 Å². The average Bonchev–Trinajstić information content (AvgIpc) is 2.40. The van der Waals surface area contributed by atoms with Crippen LogP contribution < -0.4 is 11.1 Å². The lowest BCUT2D eigenvalue weighted by molar-refractivity contribution is -0.116. The Kier molecular flexibility index (Phi) is 7.22. The highest BCUT2D eigenvalue weighted by Crippen LogP contribution is 2.22. The number of benzene rings is 1. The molecule has 21 heavy (non-hydrogen) atoms. The van der Waals surface area contributed by atoms with Crippen molar-refractivity contribution in [3.05, 3.63) is 29.6 Å². The number of hydrogen-bond acceptors (Lipinski definition) is 2. The summed E-state index contributed by atoms with van der Waals surface area (Å²) in [5, 5.41) is 2.16. The number of amides is 1. The molecule has 0 aliphatic heterocycles. The van der Waals surface area contributed by atoms with E-state index in [4.69, 9.17) is 5.73 Å². The molecular weight excluding hydrogens is 281 g/mol. The number of rotatable bonds is 8. The normalized spacial score (nSPS) is 12.2. The first-order valence-corrected chi connectivity index (χ1v) is 7.12. The highest BCUT2D eigenvalue weighted by molar-refractivity contribution is 5.90. The van der Waals surface area contributed by atoms with Gasteiger partial charge >= 0.3 is 0 Å². The van der Waals surface area contributed by atoms with Gasteiger partial charge in [-0.3, -0.25) is 4.79 Å². The molecule has 0 aliphatic carbocycles. The summed E-state index contributed by atoms with van der Waals surface area (Å²) < 4.78 is 39.6. The molecule has 0 radical (unpaired) electrons. The van der Waals surface area contributed by atoms with Crippen molar-refractivity contribution in [2.75, 3.05) is 11.9 Å². The van der Waals surface area contributed by atoms with E-state index in [0.717, 1.165) is 19.3 Å². The van der Waals surface area contributed by atoms with Crippen molar-refractivity contribution in [1.82, 2.24) is 0 Å². The van der Waals surface area contributed by atoms with Gasteiger partial charge in [-0.25, -0.2) is 13.2 Å². The molecule has 1 atom stereocenters. The minimum atomic E-state index is -1.12. The third-order valence-electron chi connectivity index (χ3n) is 3.32. The summed E-state index contributed by atoms with van der Waals surface area (Å²) in [7, 11) is 0. The monoisotopic (exact) mass is 302 g/mol. The Balaban J connectivity index is 2.57. The summed E-state index contributed by atoms with van der Waals surface area (Å²) in [6.07, 6.45) is 3.54. The highest BCUT2D eigenvalue weighted by atomic mass is 19.1. The fourth-order valence-corrected chi connectivity index (χ4v) is 2.28. The van der Waals surface area contributed by atoms with E-state index in [1.807, 2.05) is 6.92 Å². The molecular formula is C15H21F3N2O. The molecule has 0 spiro atoms. The van der Waals surface area contributed by atoms with E-state index >= 15 is 0 Å². The van der Waals surface area contributed by atoms with Crippen molar-refractivity contribution in [1.29, 1.82) is 0 Å². The maximum Gasteiger partial charge on any atom is 0.224 e. The lowest BCUT2D eigenvalue weighted by Crippen LogP contribution is -2.17. The number of nitrogens with two attached hydrogens (primary N) is 1. The van der Waals surface area contributed by atoms with E-state index in [2.05, 4.69) is 5.32 Å². The van der Waals surface area contributed by atoms with Gasteiger partial charge in [0.05, 0.1) is 0 Å². The molecule has 3 nitrogen and oxygen atoms in total. The zero-order valence-electron chi connectivity index (χ0n) is 12.1. The summed E-state index contributed by atoms with van der Waals surface area (Å²) in [6.45, 7) is 2.60. The van der Waals surface area contributed by atoms with Gasteiger partial charge in [-0.15, -0.1) is 0 Å². The quantitative estimate of drug-likeness (QED) is 0.771. The first kappa shape index (κ1) is 17.5. The number of hydrogen-bond donors (Lipinski definition) is 2. The first-order valence-electron chi connectivity index (χ1n) is 7.12. The first-order chi connectivity index (χ1) is 9.97. The summed E-state index contributed by atoms with van der Waals surface area (Å²) in [4.78, 5) is 11.7. The SMILES string of the molecule is CCCC(CCN)CCC(=O)Nc1c(F)cc(F)cc1F. The minimum absolute atomic E-state index is 0.154.